The van der Waals surface area contributed by atoms with Gasteiger partial charge in [0, 0.05) is 17.2 Å². The zero-order valence-electron chi connectivity index (χ0n) is 14.4. The molecule has 0 saturated heterocycles. The summed E-state index contributed by atoms with van der Waals surface area (Å²) in [5, 5.41) is 13.7. The summed E-state index contributed by atoms with van der Waals surface area (Å²) in [7, 11) is 0. The summed E-state index contributed by atoms with van der Waals surface area (Å²) in [6.45, 7) is 0. The van der Waals surface area contributed by atoms with Gasteiger partial charge in [0.15, 0.2) is 0 Å². The standard InChI is InChI=1S/C21H22F2N2O/c1-2-14-4-3-5-16(10-14)21(8-9-21)25-20(24)19(26)7-6-15-11-17(22)13-18(23)12-15/h1,3-5,10-13,19-20,25-26H,6-9,24H2. The monoisotopic (exact) mass is 356 g/mol. The molecule has 1 saturated carbocycles. The van der Waals surface area contributed by atoms with Gasteiger partial charge >= 0.3 is 0 Å². The minimum Gasteiger partial charge on any atom is -0.390 e. The number of aryl methyl sites for hydroxylation is 1. The molecule has 0 radical (unpaired) electrons. The fraction of sp³-hybridized carbons (Fsp3) is 0.333. The molecule has 2 aromatic carbocycles. The Hall–Kier alpha value is -2.26. The van der Waals surface area contributed by atoms with Crippen molar-refractivity contribution >= 4 is 0 Å². The molecule has 1 aliphatic rings. The van der Waals surface area contributed by atoms with E-state index in [9.17, 15) is 13.9 Å². The van der Waals surface area contributed by atoms with Crippen molar-refractivity contribution in [2.24, 2.45) is 5.73 Å². The summed E-state index contributed by atoms with van der Waals surface area (Å²) in [5.74, 6) is 1.38. The van der Waals surface area contributed by atoms with Crippen molar-refractivity contribution in [2.45, 2.75) is 43.5 Å². The van der Waals surface area contributed by atoms with E-state index in [2.05, 4.69) is 11.2 Å². The molecule has 0 heterocycles. The molecule has 0 bridgehead atoms. The van der Waals surface area contributed by atoms with Gasteiger partial charge in [-0.05, 0) is 61.1 Å². The third-order valence-corrected chi connectivity index (χ3v) is 4.84. The second-order valence-electron chi connectivity index (χ2n) is 6.86. The molecule has 4 N–H and O–H groups in total. The Morgan fingerprint density at radius 3 is 2.50 bits per heavy atom. The number of aliphatic hydroxyl groups excluding tert-OH is 1. The lowest BCUT2D eigenvalue weighted by molar-refractivity contribution is 0.112. The van der Waals surface area contributed by atoms with Gasteiger partial charge in [0.1, 0.15) is 11.6 Å². The number of hydrogen-bond acceptors (Lipinski definition) is 3. The van der Waals surface area contributed by atoms with E-state index < -0.39 is 23.9 Å². The van der Waals surface area contributed by atoms with Crippen molar-refractivity contribution in [3.8, 4) is 12.3 Å². The van der Waals surface area contributed by atoms with E-state index in [-0.39, 0.29) is 5.54 Å². The van der Waals surface area contributed by atoms with E-state index in [1.807, 2.05) is 24.3 Å². The summed E-state index contributed by atoms with van der Waals surface area (Å²) >= 11 is 0. The van der Waals surface area contributed by atoms with Crippen LogP contribution in [-0.4, -0.2) is 17.4 Å². The highest BCUT2D eigenvalue weighted by Gasteiger charge is 2.45. The second kappa shape index (κ2) is 7.55. The maximum absolute atomic E-state index is 13.2. The van der Waals surface area contributed by atoms with Crippen LogP contribution in [-0.2, 0) is 12.0 Å². The number of nitrogens with one attached hydrogen (secondary N) is 1. The lowest BCUT2D eigenvalue weighted by atomic mass is 10.00. The zero-order chi connectivity index (χ0) is 18.7. The van der Waals surface area contributed by atoms with Crippen LogP contribution < -0.4 is 11.1 Å². The molecule has 0 aliphatic heterocycles. The number of rotatable bonds is 7. The van der Waals surface area contributed by atoms with Crippen molar-refractivity contribution < 1.29 is 13.9 Å². The van der Waals surface area contributed by atoms with Gasteiger partial charge in [-0.2, -0.15) is 0 Å². The Kier molecular flexibility index (Phi) is 5.38. The third-order valence-electron chi connectivity index (χ3n) is 4.84. The molecule has 3 rings (SSSR count). The molecule has 2 unspecified atom stereocenters. The van der Waals surface area contributed by atoms with E-state index in [0.717, 1.165) is 30.0 Å². The number of aliphatic hydroxyl groups is 1. The molecular weight excluding hydrogens is 334 g/mol. The predicted octanol–water partition coefficient (Wildman–Crippen LogP) is 2.80. The smallest absolute Gasteiger partial charge is 0.126 e. The second-order valence-corrected chi connectivity index (χ2v) is 6.86. The first-order chi connectivity index (χ1) is 12.4. The fourth-order valence-corrected chi connectivity index (χ4v) is 3.21. The van der Waals surface area contributed by atoms with E-state index in [1.54, 1.807) is 0 Å². The molecule has 0 aromatic heterocycles. The van der Waals surface area contributed by atoms with Crippen molar-refractivity contribution in [1.82, 2.24) is 5.32 Å². The Morgan fingerprint density at radius 2 is 1.88 bits per heavy atom. The van der Waals surface area contributed by atoms with Gasteiger partial charge in [0.05, 0.1) is 12.3 Å². The minimum absolute atomic E-state index is 0.266. The molecule has 2 atom stereocenters. The number of nitrogens with two attached hydrogens (primary N) is 1. The Morgan fingerprint density at radius 1 is 1.19 bits per heavy atom. The van der Waals surface area contributed by atoms with Crippen molar-refractivity contribution in [3.05, 3.63) is 70.8 Å². The molecule has 136 valence electrons. The van der Waals surface area contributed by atoms with Crippen LogP contribution in [0.1, 0.15) is 36.0 Å². The SMILES string of the molecule is C#Cc1cccc(C2(NC(N)C(O)CCc3cc(F)cc(F)c3)CC2)c1. The summed E-state index contributed by atoms with van der Waals surface area (Å²) in [6, 6.07) is 11.1. The van der Waals surface area contributed by atoms with Crippen LogP contribution in [0.5, 0.6) is 0 Å². The van der Waals surface area contributed by atoms with Crippen molar-refractivity contribution in [1.29, 1.82) is 0 Å². The molecule has 1 fully saturated rings. The van der Waals surface area contributed by atoms with Crippen molar-refractivity contribution in [3.63, 3.8) is 0 Å². The molecule has 3 nitrogen and oxygen atoms in total. The zero-order valence-corrected chi connectivity index (χ0v) is 14.4. The molecule has 0 amide bonds. The normalized spacial score (nSPS) is 17.3. The summed E-state index contributed by atoms with van der Waals surface area (Å²) in [6.07, 6.45) is 6.44. The quantitative estimate of drug-likeness (QED) is 0.528. The minimum atomic E-state index is -0.838. The predicted molar refractivity (Wildman–Crippen MR) is 97.1 cm³/mol. The number of hydrogen-bond donors (Lipinski definition) is 3. The van der Waals surface area contributed by atoms with Crippen LogP contribution >= 0.6 is 0 Å². The van der Waals surface area contributed by atoms with Crippen LogP contribution in [0, 0.1) is 24.0 Å². The van der Waals surface area contributed by atoms with Crippen LogP contribution in [0.15, 0.2) is 42.5 Å². The van der Waals surface area contributed by atoms with E-state index >= 15 is 0 Å². The first-order valence-corrected chi connectivity index (χ1v) is 8.65. The Labute approximate surface area is 152 Å². The first-order valence-electron chi connectivity index (χ1n) is 8.65. The van der Waals surface area contributed by atoms with Crippen LogP contribution in [0.4, 0.5) is 8.78 Å². The van der Waals surface area contributed by atoms with E-state index in [1.165, 1.54) is 12.1 Å². The summed E-state index contributed by atoms with van der Waals surface area (Å²) < 4.78 is 26.5. The Bertz CT molecular complexity index is 807. The molecular formula is C21H22F2N2O. The van der Waals surface area contributed by atoms with Gasteiger partial charge in [-0.1, -0.05) is 18.1 Å². The molecule has 2 aromatic rings. The number of benzene rings is 2. The maximum atomic E-state index is 13.2. The van der Waals surface area contributed by atoms with Crippen LogP contribution in [0.2, 0.25) is 0 Å². The van der Waals surface area contributed by atoms with E-state index in [0.29, 0.717) is 18.4 Å². The van der Waals surface area contributed by atoms with E-state index in [4.69, 9.17) is 12.2 Å². The molecule has 1 aliphatic carbocycles. The highest BCUT2D eigenvalue weighted by Crippen LogP contribution is 2.46. The van der Waals surface area contributed by atoms with Gasteiger partial charge in [0.25, 0.3) is 0 Å². The number of terminal acetylenes is 1. The highest BCUT2D eigenvalue weighted by atomic mass is 19.1. The highest BCUT2D eigenvalue weighted by molar-refractivity contribution is 5.40. The Balaban J connectivity index is 1.60. The molecule has 0 spiro atoms. The lowest BCUT2D eigenvalue weighted by Crippen LogP contribution is -2.51. The van der Waals surface area contributed by atoms with Gasteiger partial charge in [-0.3, -0.25) is 5.32 Å². The summed E-state index contributed by atoms with van der Waals surface area (Å²) in [4.78, 5) is 0. The molecule has 26 heavy (non-hydrogen) atoms. The topological polar surface area (TPSA) is 58.3 Å². The average Bonchev–Trinajstić information content (AvgIpc) is 3.39. The number of halogens is 2. The van der Waals surface area contributed by atoms with Crippen LogP contribution in [0.25, 0.3) is 0 Å². The summed E-state index contributed by atoms with van der Waals surface area (Å²) in [5.41, 5.74) is 8.22. The lowest BCUT2D eigenvalue weighted by Gasteiger charge is -2.27. The largest absolute Gasteiger partial charge is 0.390 e. The third kappa shape index (κ3) is 4.28. The first kappa shape index (κ1) is 18.5. The van der Waals surface area contributed by atoms with Gasteiger partial charge in [0.2, 0.25) is 0 Å². The molecule has 5 heteroatoms. The maximum Gasteiger partial charge on any atom is 0.126 e. The van der Waals surface area contributed by atoms with Gasteiger partial charge in [-0.25, -0.2) is 8.78 Å². The van der Waals surface area contributed by atoms with Gasteiger partial charge in [-0.15, -0.1) is 6.42 Å². The average molecular weight is 356 g/mol. The fourth-order valence-electron chi connectivity index (χ4n) is 3.21. The van der Waals surface area contributed by atoms with Crippen LogP contribution in [0.3, 0.4) is 0 Å². The van der Waals surface area contributed by atoms with Crippen molar-refractivity contribution in [2.75, 3.05) is 0 Å². The van der Waals surface area contributed by atoms with Gasteiger partial charge < -0.3 is 10.8 Å².